The zero-order valence-corrected chi connectivity index (χ0v) is 8.34. The van der Waals surface area contributed by atoms with Crippen molar-refractivity contribution in [1.29, 1.82) is 0 Å². The predicted octanol–water partition coefficient (Wildman–Crippen LogP) is 3.27. The van der Waals surface area contributed by atoms with E-state index in [9.17, 15) is 8.78 Å². The Morgan fingerprint density at radius 1 is 1.27 bits per heavy atom. The number of hydrogen-bond donors (Lipinski definition) is 1. The third-order valence-corrected chi connectivity index (χ3v) is 3.77. The highest BCUT2D eigenvalue weighted by Crippen LogP contribution is 2.59. The first-order valence-electron chi connectivity index (χ1n) is 5.34. The molecule has 15 heavy (non-hydrogen) atoms. The van der Waals surface area contributed by atoms with Gasteiger partial charge in [0, 0.05) is 18.5 Å². The van der Waals surface area contributed by atoms with Crippen molar-refractivity contribution in [1.82, 2.24) is 0 Å². The summed E-state index contributed by atoms with van der Waals surface area (Å²) in [7, 11) is 0. The summed E-state index contributed by atoms with van der Waals surface area (Å²) >= 11 is 0. The molecule has 0 spiro atoms. The van der Waals surface area contributed by atoms with Gasteiger partial charge in [0.25, 0.3) is 0 Å². The van der Waals surface area contributed by atoms with E-state index in [4.69, 9.17) is 5.73 Å². The topological polar surface area (TPSA) is 26.0 Å². The predicted molar refractivity (Wildman–Crippen MR) is 55.1 cm³/mol. The lowest BCUT2D eigenvalue weighted by atomic mass is 9.60. The summed E-state index contributed by atoms with van der Waals surface area (Å²) in [5.41, 5.74) is 8.70. The molecule has 0 radical (unpaired) electrons. The third-order valence-electron chi connectivity index (χ3n) is 3.77. The summed E-state index contributed by atoms with van der Waals surface area (Å²) in [6.45, 7) is 0. The second-order valence-electron chi connectivity index (χ2n) is 4.66. The van der Waals surface area contributed by atoms with Crippen molar-refractivity contribution in [2.75, 3.05) is 5.73 Å². The minimum Gasteiger partial charge on any atom is -0.398 e. The normalized spacial score (nSPS) is 31.3. The Morgan fingerprint density at radius 2 is 2.07 bits per heavy atom. The van der Waals surface area contributed by atoms with E-state index in [-0.39, 0.29) is 18.8 Å². The molecule has 1 fully saturated rings. The largest absolute Gasteiger partial charge is 0.398 e. The van der Waals surface area contributed by atoms with E-state index in [0.717, 1.165) is 5.56 Å². The van der Waals surface area contributed by atoms with E-state index in [1.54, 1.807) is 0 Å². The van der Waals surface area contributed by atoms with Gasteiger partial charge in [-0.25, -0.2) is 8.78 Å². The van der Waals surface area contributed by atoms with Crippen LogP contribution in [0.5, 0.6) is 0 Å². The van der Waals surface area contributed by atoms with Gasteiger partial charge in [0.15, 0.2) is 0 Å². The molecule has 0 amide bonds. The number of hydrogen-bond acceptors (Lipinski definition) is 1. The van der Waals surface area contributed by atoms with E-state index in [1.165, 1.54) is 5.56 Å². The first-order chi connectivity index (χ1) is 7.08. The fourth-order valence-corrected chi connectivity index (χ4v) is 3.07. The number of anilines is 1. The summed E-state index contributed by atoms with van der Waals surface area (Å²) in [4.78, 5) is 0. The van der Waals surface area contributed by atoms with Crippen LogP contribution in [0.15, 0.2) is 18.2 Å². The van der Waals surface area contributed by atoms with Crippen LogP contribution in [0.25, 0.3) is 0 Å². The maximum atomic E-state index is 13.2. The molecule has 3 heteroatoms. The van der Waals surface area contributed by atoms with Crippen molar-refractivity contribution in [3.63, 3.8) is 0 Å². The van der Waals surface area contributed by atoms with Crippen LogP contribution in [-0.2, 0) is 0 Å². The van der Waals surface area contributed by atoms with Crippen LogP contribution in [0.3, 0.4) is 0 Å². The Kier molecular flexibility index (Phi) is 1.65. The number of nitrogen functional groups attached to an aromatic ring is 1. The van der Waals surface area contributed by atoms with Gasteiger partial charge < -0.3 is 5.73 Å². The van der Waals surface area contributed by atoms with Gasteiger partial charge in [-0.15, -0.1) is 0 Å². The van der Waals surface area contributed by atoms with E-state index in [1.807, 2.05) is 18.2 Å². The van der Waals surface area contributed by atoms with Gasteiger partial charge >= 0.3 is 0 Å². The highest BCUT2D eigenvalue weighted by molar-refractivity contribution is 5.61. The molecule has 1 saturated carbocycles. The smallest absolute Gasteiger partial charge is 0.248 e. The van der Waals surface area contributed by atoms with Gasteiger partial charge in [-0.2, -0.15) is 0 Å². The lowest BCUT2D eigenvalue weighted by Gasteiger charge is -2.46. The van der Waals surface area contributed by atoms with Gasteiger partial charge in [-0.3, -0.25) is 0 Å². The fraction of sp³-hybridized carbons (Fsp3) is 0.500. The van der Waals surface area contributed by atoms with Crippen LogP contribution in [0.4, 0.5) is 14.5 Å². The highest BCUT2D eigenvalue weighted by Gasteiger charge is 2.49. The van der Waals surface area contributed by atoms with Gasteiger partial charge in [0.1, 0.15) is 0 Å². The number of rotatable bonds is 0. The van der Waals surface area contributed by atoms with Crippen LogP contribution in [0, 0.1) is 0 Å². The van der Waals surface area contributed by atoms with Gasteiger partial charge in [0.05, 0.1) is 0 Å². The fourth-order valence-electron chi connectivity index (χ4n) is 3.07. The standard InChI is InChI=1S/C12H13F2N/c13-12(14)5-4-7-8-2-1-3-10(15)11(8)9(7)6-12/h1-3,7,9H,4-6,15H2. The third kappa shape index (κ3) is 1.18. The number of nitrogens with two attached hydrogens (primary N) is 1. The van der Waals surface area contributed by atoms with Crippen LogP contribution in [0.2, 0.25) is 0 Å². The molecular weight excluding hydrogens is 196 g/mol. The van der Waals surface area contributed by atoms with Gasteiger partial charge in [-0.05, 0) is 35.4 Å². The Morgan fingerprint density at radius 3 is 2.87 bits per heavy atom. The molecule has 2 atom stereocenters. The van der Waals surface area contributed by atoms with Gasteiger partial charge in [-0.1, -0.05) is 12.1 Å². The van der Waals surface area contributed by atoms with Crippen LogP contribution < -0.4 is 5.73 Å². The van der Waals surface area contributed by atoms with Gasteiger partial charge in [0.2, 0.25) is 5.92 Å². The molecule has 80 valence electrons. The molecule has 2 aliphatic carbocycles. The van der Waals surface area contributed by atoms with Crippen molar-refractivity contribution < 1.29 is 8.78 Å². The number of halogens is 2. The van der Waals surface area contributed by atoms with Crippen LogP contribution >= 0.6 is 0 Å². The Labute approximate surface area is 87.3 Å². The van der Waals surface area contributed by atoms with Crippen molar-refractivity contribution in [2.24, 2.45) is 0 Å². The molecule has 0 aromatic heterocycles. The monoisotopic (exact) mass is 209 g/mol. The van der Waals surface area contributed by atoms with E-state index < -0.39 is 5.92 Å². The first-order valence-corrected chi connectivity index (χ1v) is 5.34. The summed E-state index contributed by atoms with van der Waals surface area (Å²) in [5.74, 6) is -2.14. The molecule has 3 rings (SSSR count). The lowest BCUT2D eigenvalue weighted by Crippen LogP contribution is -2.37. The second-order valence-corrected chi connectivity index (χ2v) is 4.66. The Bertz CT molecular complexity index is 414. The summed E-state index contributed by atoms with van der Waals surface area (Å²) < 4.78 is 26.5. The number of fused-ring (bicyclic) bond motifs is 4. The zero-order valence-electron chi connectivity index (χ0n) is 8.34. The summed E-state index contributed by atoms with van der Waals surface area (Å²) in [6, 6.07) is 5.75. The number of alkyl halides is 2. The Balaban J connectivity index is 2.00. The summed E-state index contributed by atoms with van der Waals surface area (Å²) in [5, 5.41) is 0. The van der Waals surface area contributed by atoms with Crippen LogP contribution in [0.1, 0.15) is 42.2 Å². The molecule has 1 aromatic carbocycles. The average Bonchev–Trinajstić information content (AvgIpc) is 2.14. The molecule has 0 bridgehead atoms. The minimum absolute atomic E-state index is 0.00458. The van der Waals surface area contributed by atoms with E-state index >= 15 is 0 Å². The SMILES string of the molecule is Nc1cccc2c1C1CC(F)(F)CCC21. The van der Waals surface area contributed by atoms with Crippen molar-refractivity contribution in [2.45, 2.75) is 37.0 Å². The van der Waals surface area contributed by atoms with Crippen molar-refractivity contribution in [3.8, 4) is 0 Å². The lowest BCUT2D eigenvalue weighted by molar-refractivity contribution is -0.0509. The molecule has 1 aromatic rings. The maximum absolute atomic E-state index is 13.2. The summed E-state index contributed by atoms with van der Waals surface area (Å²) in [6.07, 6.45) is 0.620. The molecule has 2 N–H and O–H groups in total. The number of benzene rings is 1. The second kappa shape index (κ2) is 2.71. The molecule has 0 aliphatic heterocycles. The van der Waals surface area contributed by atoms with Crippen molar-refractivity contribution in [3.05, 3.63) is 29.3 Å². The maximum Gasteiger partial charge on any atom is 0.248 e. The average molecular weight is 209 g/mol. The zero-order chi connectivity index (χ0) is 10.6. The minimum atomic E-state index is -2.48. The quantitative estimate of drug-likeness (QED) is 0.652. The molecular formula is C12H13F2N. The van der Waals surface area contributed by atoms with Crippen LogP contribution in [-0.4, -0.2) is 5.92 Å². The first kappa shape index (κ1) is 9.13. The molecule has 0 heterocycles. The molecule has 0 saturated heterocycles. The van der Waals surface area contributed by atoms with E-state index in [2.05, 4.69) is 0 Å². The highest BCUT2D eigenvalue weighted by atomic mass is 19.3. The van der Waals surface area contributed by atoms with Crippen molar-refractivity contribution >= 4 is 5.69 Å². The molecule has 2 unspecified atom stereocenters. The Hall–Kier alpha value is -1.12. The molecule has 1 nitrogen and oxygen atoms in total. The molecule has 2 aliphatic rings. The van der Waals surface area contributed by atoms with E-state index in [0.29, 0.717) is 18.0 Å².